The normalized spacial score (nSPS) is 14.5. The van der Waals surface area contributed by atoms with Crippen molar-refractivity contribution in [1.29, 1.82) is 0 Å². The monoisotopic (exact) mass is 254 g/mol. The Hall–Kier alpha value is -2.09. The van der Waals surface area contributed by atoms with Crippen LogP contribution in [0.15, 0.2) is 42.0 Å². The van der Waals surface area contributed by atoms with E-state index in [1.807, 2.05) is 13.0 Å². The second-order valence-corrected chi connectivity index (χ2v) is 4.64. The number of allylic oxidation sites excluding steroid dienone is 6. The van der Waals surface area contributed by atoms with Crippen molar-refractivity contribution in [3.63, 3.8) is 0 Å². The highest BCUT2D eigenvalue weighted by Crippen LogP contribution is 2.33. The molecule has 0 atom stereocenters. The summed E-state index contributed by atoms with van der Waals surface area (Å²) in [5.41, 5.74) is 5.14. The topological polar surface area (TPSA) is 26.3 Å². The highest BCUT2D eigenvalue weighted by atomic mass is 16.5. The van der Waals surface area contributed by atoms with E-state index in [9.17, 15) is 4.79 Å². The van der Waals surface area contributed by atoms with E-state index in [0.717, 1.165) is 29.6 Å². The first kappa shape index (κ1) is 13.3. The fourth-order valence-corrected chi connectivity index (χ4v) is 2.32. The summed E-state index contributed by atoms with van der Waals surface area (Å²) in [6.07, 6.45) is 10.2. The Bertz CT molecular complexity index is 590. The third-order valence-electron chi connectivity index (χ3n) is 3.39. The van der Waals surface area contributed by atoms with Gasteiger partial charge in [-0.3, -0.25) is 4.79 Å². The maximum atomic E-state index is 11.1. The maximum Gasteiger partial charge on any atom is 0.150 e. The molecule has 1 aromatic rings. The molecule has 2 nitrogen and oxygen atoms in total. The molecular weight excluding hydrogens is 236 g/mol. The largest absolute Gasteiger partial charge is 0.496 e. The van der Waals surface area contributed by atoms with Gasteiger partial charge in [0.1, 0.15) is 12.0 Å². The minimum atomic E-state index is 0.642. The van der Waals surface area contributed by atoms with Gasteiger partial charge in [0.25, 0.3) is 0 Å². The van der Waals surface area contributed by atoms with Gasteiger partial charge in [0, 0.05) is 5.56 Å². The number of methoxy groups -OCH3 is 1. The molecule has 1 aliphatic carbocycles. The van der Waals surface area contributed by atoms with E-state index in [-0.39, 0.29) is 0 Å². The Labute approximate surface area is 114 Å². The molecule has 1 aliphatic rings. The summed E-state index contributed by atoms with van der Waals surface area (Å²) in [6, 6.07) is 3.71. The minimum absolute atomic E-state index is 0.642. The molecule has 0 heterocycles. The van der Waals surface area contributed by atoms with Crippen molar-refractivity contribution in [3.8, 4) is 5.75 Å². The first-order valence-electron chi connectivity index (χ1n) is 6.35. The number of ether oxygens (including phenoxy) is 1. The number of aldehydes is 1. The van der Waals surface area contributed by atoms with Crippen LogP contribution in [0.1, 0.15) is 34.8 Å². The van der Waals surface area contributed by atoms with Crippen molar-refractivity contribution >= 4 is 11.9 Å². The average Bonchev–Trinajstić information content (AvgIpc) is 2.64. The van der Waals surface area contributed by atoms with Gasteiger partial charge in [-0.1, -0.05) is 24.3 Å². The number of rotatable bonds is 3. The SMILES string of the molecule is COc1cc(C=O)cc(C2=CCC=CC=C2C)c1C. The zero-order valence-corrected chi connectivity index (χ0v) is 11.6. The van der Waals surface area contributed by atoms with Crippen molar-refractivity contribution in [2.75, 3.05) is 7.11 Å². The van der Waals surface area contributed by atoms with E-state index in [4.69, 9.17) is 4.74 Å². The van der Waals surface area contributed by atoms with E-state index < -0.39 is 0 Å². The number of benzene rings is 1. The molecule has 0 aromatic heterocycles. The van der Waals surface area contributed by atoms with Crippen LogP contribution in [-0.2, 0) is 0 Å². The summed E-state index contributed by atoms with van der Waals surface area (Å²) in [5.74, 6) is 0.755. The zero-order chi connectivity index (χ0) is 13.8. The third-order valence-corrected chi connectivity index (χ3v) is 3.39. The zero-order valence-electron chi connectivity index (χ0n) is 11.6. The van der Waals surface area contributed by atoms with Crippen molar-refractivity contribution in [2.24, 2.45) is 0 Å². The number of carbonyl (C=O) groups is 1. The predicted octanol–water partition coefficient (Wildman–Crippen LogP) is 4.11. The summed E-state index contributed by atoms with van der Waals surface area (Å²) < 4.78 is 5.36. The highest BCUT2D eigenvalue weighted by Gasteiger charge is 2.13. The number of hydrogen-bond acceptors (Lipinski definition) is 2. The van der Waals surface area contributed by atoms with Gasteiger partial charge < -0.3 is 4.74 Å². The molecule has 0 aliphatic heterocycles. The van der Waals surface area contributed by atoms with Gasteiger partial charge in [-0.05, 0) is 54.7 Å². The number of hydrogen-bond donors (Lipinski definition) is 0. The summed E-state index contributed by atoms with van der Waals surface area (Å²) in [5, 5.41) is 0. The van der Waals surface area contributed by atoms with Crippen molar-refractivity contribution in [3.05, 3.63) is 58.7 Å². The molecule has 1 aromatic carbocycles. The van der Waals surface area contributed by atoms with Crippen molar-refractivity contribution in [1.82, 2.24) is 0 Å². The second-order valence-electron chi connectivity index (χ2n) is 4.64. The van der Waals surface area contributed by atoms with Gasteiger partial charge in [0.2, 0.25) is 0 Å². The van der Waals surface area contributed by atoms with Crippen LogP contribution >= 0.6 is 0 Å². The first-order valence-corrected chi connectivity index (χ1v) is 6.35. The smallest absolute Gasteiger partial charge is 0.150 e. The van der Waals surface area contributed by atoms with Crippen LogP contribution in [-0.4, -0.2) is 13.4 Å². The molecule has 0 saturated carbocycles. The van der Waals surface area contributed by atoms with Crippen LogP contribution in [0.25, 0.3) is 5.57 Å². The molecule has 0 N–H and O–H groups in total. The Morgan fingerprint density at radius 3 is 2.74 bits per heavy atom. The van der Waals surface area contributed by atoms with Gasteiger partial charge >= 0.3 is 0 Å². The van der Waals surface area contributed by atoms with Gasteiger partial charge in [-0.15, -0.1) is 0 Å². The lowest BCUT2D eigenvalue weighted by atomic mass is 9.92. The van der Waals surface area contributed by atoms with E-state index >= 15 is 0 Å². The van der Waals surface area contributed by atoms with E-state index in [1.165, 1.54) is 11.1 Å². The molecule has 98 valence electrons. The summed E-state index contributed by atoms with van der Waals surface area (Å²) >= 11 is 0. The maximum absolute atomic E-state index is 11.1. The van der Waals surface area contributed by atoms with Crippen LogP contribution in [0.5, 0.6) is 5.75 Å². The molecule has 0 saturated heterocycles. The van der Waals surface area contributed by atoms with Crippen LogP contribution < -0.4 is 4.74 Å². The van der Waals surface area contributed by atoms with E-state index in [0.29, 0.717) is 5.56 Å². The molecule has 0 amide bonds. The fourth-order valence-electron chi connectivity index (χ4n) is 2.32. The molecule has 2 heteroatoms. The van der Waals surface area contributed by atoms with Crippen LogP contribution in [0, 0.1) is 6.92 Å². The molecule has 0 unspecified atom stereocenters. The van der Waals surface area contributed by atoms with Crippen molar-refractivity contribution < 1.29 is 9.53 Å². The number of carbonyl (C=O) groups excluding carboxylic acids is 1. The summed E-state index contributed by atoms with van der Waals surface area (Å²) in [6.45, 7) is 4.11. The molecule has 2 rings (SSSR count). The van der Waals surface area contributed by atoms with Gasteiger partial charge in [0.15, 0.2) is 0 Å². The van der Waals surface area contributed by atoms with Crippen LogP contribution in [0.2, 0.25) is 0 Å². The summed E-state index contributed by atoms with van der Waals surface area (Å²) in [4.78, 5) is 11.1. The second kappa shape index (κ2) is 5.70. The van der Waals surface area contributed by atoms with E-state index in [1.54, 1.807) is 13.2 Å². The van der Waals surface area contributed by atoms with Gasteiger partial charge in [-0.2, -0.15) is 0 Å². The average molecular weight is 254 g/mol. The first-order chi connectivity index (χ1) is 9.17. The van der Waals surface area contributed by atoms with Crippen molar-refractivity contribution in [2.45, 2.75) is 20.3 Å². The molecule has 0 bridgehead atoms. The highest BCUT2D eigenvalue weighted by molar-refractivity contribution is 5.86. The lowest BCUT2D eigenvalue weighted by Crippen LogP contribution is -1.97. The van der Waals surface area contributed by atoms with Gasteiger partial charge in [-0.25, -0.2) is 0 Å². The summed E-state index contributed by atoms with van der Waals surface area (Å²) in [7, 11) is 1.63. The Morgan fingerprint density at radius 1 is 1.26 bits per heavy atom. The standard InChI is InChI=1S/C17H18O2/c1-12-7-5-4-6-8-15(12)16-9-14(11-18)10-17(19-3)13(16)2/h4-5,7-11H,6H2,1-3H3. The third kappa shape index (κ3) is 2.68. The quantitative estimate of drug-likeness (QED) is 0.759. The molecule has 0 fully saturated rings. The Morgan fingerprint density at radius 2 is 2.05 bits per heavy atom. The van der Waals surface area contributed by atoms with Gasteiger partial charge in [0.05, 0.1) is 7.11 Å². The molecule has 19 heavy (non-hydrogen) atoms. The molecule has 0 radical (unpaired) electrons. The lowest BCUT2D eigenvalue weighted by molar-refractivity contribution is 0.112. The minimum Gasteiger partial charge on any atom is -0.496 e. The van der Waals surface area contributed by atoms with Crippen LogP contribution in [0.4, 0.5) is 0 Å². The lowest BCUT2D eigenvalue weighted by Gasteiger charge is -2.15. The Balaban J connectivity index is 2.61. The Kier molecular flexibility index (Phi) is 4.00. The fraction of sp³-hybridized carbons (Fsp3) is 0.235. The van der Waals surface area contributed by atoms with Crippen LogP contribution in [0.3, 0.4) is 0 Å². The predicted molar refractivity (Wildman–Crippen MR) is 78.6 cm³/mol. The van der Waals surface area contributed by atoms with E-state index in [2.05, 4.69) is 31.2 Å². The molecular formula is C17H18O2. The molecule has 0 spiro atoms.